The summed E-state index contributed by atoms with van der Waals surface area (Å²) >= 11 is 0. The van der Waals surface area contributed by atoms with Crippen molar-refractivity contribution in [2.45, 2.75) is 38.0 Å². The summed E-state index contributed by atoms with van der Waals surface area (Å²) in [5.74, 6) is 0.611. The average Bonchev–Trinajstić information content (AvgIpc) is 3.10. The summed E-state index contributed by atoms with van der Waals surface area (Å²) in [5, 5.41) is 6.29. The van der Waals surface area contributed by atoms with Crippen LogP contribution in [0.25, 0.3) is 0 Å². The number of nitrogens with one attached hydrogen (secondary N) is 2. The first kappa shape index (κ1) is 12.7. The highest BCUT2D eigenvalue weighted by molar-refractivity contribution is 6.46. The third-order valence-corrected chi connectivity index (χ3v) is 3.56. The Morgan fingerprint density at radius 2 is 1.95 bits per heavy atom. The molecule has 7 heteroatoms. The Morgan fingerprint density at radius 1 is 1.25 bits per heavy atom. The minimum Gasteiger partial charge on any atom is -0.318 e. The van der Waals surface area contributed by atoms with E-state index in [9.17, 15) is 9.59 Å². The van der Waals surface area contributed by atoms with E-state index in [1.54, 1.807) is 12.4 Å². The summed E-state index contributed by atoms with van der Waals surface area (Å²) < 4.78 is 0. The van der Waals surface area contributed by atoms with Crippen LogP contribution in [0.15, 0.2) is 17.5 Å². The van der Waals surface area contributed by atoms with Gasteiger partial charge in [0, 0.05) is 5.92 Å². The van der Waals surface area contributed by atoms with Gasteiger partial charge in [-0.05, 0) is 12.8 Å². The van der Waals surface area contributed by atoms with Gasteiger partial charge in [-0.1, -0.05) is 12.8 Å². The fraction of sp³-hybridized carbons (Fsp3) is 0.462. The molecule has 1 fully saturated rings. The summed E-state index contributed by atoms with van der Waals surface area (Å²) in [6, 6.07) is 0. The lowest BCUT2D eigenvalue weighted by molar-refractivity contribution is -0.119. The van der Waals surface area contributed by atoms with E-state index in [-0.39, 0.29) is 18.0 Å². The first-order chi connectivity index (χ1) is 9.72. The molecule has 2 aliphatic rings. The fourth-order valence-electron chi connectivity index (χ4n) is 2.49. The first-order valence-electron chi connectivity index (χ1n) is 6.71. The van der Waals surface area contributed by atoms with Crippen molar-refractivity contribution in [3.63, 3.8) is 0 Å². The molecule has 1 aliphatic carbocycles. The van der Waals surface area contributed by atoms with Crippen LogP contribution in [0.2, 0.25) is 0 Å². The number of hydrazone groups is 1. The molecule has 104 valence electrons. The topological polar surface area (TPSA) is 96.3 Å². The molecule has 1 aliphatic heterocycles. The van der Waals surface area contributed by atoms with Gasteiger partial charge < -0.3 is 5.32 Å². The maximum absolute atomic E-state index is 11.8. The van der Waals surface area contributed by atoms with Gasteiger partial charge in [0.05, 0.1) is 24.5 Å². The third kappa shape index (κ3) is 2.66. The van der Waals surface area contributed by atoms with Crippen LogP contribution in [-0.2, 0) is 9.59 Å². The molecule has 1 aromatic heterocycles. The number of hydrogen-bond donors (Lipinski definition) is 2. The smallest absolute Gasteiger partial charge is 0.272 e. The SMILES string of the molecule is O=C1CC(C(=O)Nc2cnc(C3CCCC3)nc2)=NN1. The number of aromatic nitrogens is 2. The van der Waals surface area contributed by atoms with Crippen LogP contribution in [0.4, 0.5) is 5.69 Å². The maximum Gasteiger partial charge on any atom is 0.272 e. The van der Waals surface area contributed by atoms with Crippen LogP contribution in [0, 0.1) is 0 Å². The molecule has 7 nitrogen and oxygen atoms in total. The van der Waals surface area contributed by atoms with Gasteiger partial charge >= 0.3 is 0 Å². The second-order valence-corrected chi connectivity index (χ2v) is 5.04. The van der Waals surface area contributed by atoms with E-state index in [4.69, 9.17) is 0 Å². The molecule has 2 N–H and O–H groups in total. The Bertz CT molecular complexity index is 561. The number of nitrogens with zero attached hydrogens (tertiary/aromatic N) is 3. The van der Waals surface area contributed by atoms with Crippen LogP contribution >= 0.6 is 0 Å². The number of carbonyl (C=O) groups excluding carboxylic acids is 2. The van der Waals surface area contributed by atoms with E-state index in [2.05, 4.69) is 25.8 Å². The summed E-state index contributed by atoms with van der Waals surface area (Å²) in [7, 11) is 0. The number of anilines is 1. The quantitative estimate of drug-likeness (QED) is 0.856. The molecule has 2 heterocycles. The van der Waals surface area contributed by atoms with Crippen molar-refractivity contribution < 1.29 is 9.59 Å². The van der Waals surface area contributed by atoms with Crippen LogP contribution in [0.3, 0.4) is 0 Å². The van der Waals surface area contributed by atoms with Crippen LogP contribution < -0.4 is 10.7 Å². The van der Waals surface area contributed by atoms with Crippen molar-refractivity contribution in [3.05, 3.63) is 18.2 Å². The van der Waals surface area contributed by atoms with E-state index < -0.39 is 5.91 Å². The van der Waals surface area contributed by atoms with Gasteiger partial charge in [0.1, 0.15) is 11.5 Å². The number of amides is 2. The zero-order valence-corrected chi connectivity index (χ0v) is 10.9. The Hall–Kier alpha value is -2.31. The molecule has 0 radical (unpaired) electrons. The third-order valence-electron chi connectivity index (χ3n) is 3.56. The molecular formula is C13H15N5O2. The van der Waals surface area contributed by atoms with Crippen molar-refractivity contribution in [2.24, 2.45) is 5.10 Å². The summed E-state index contributed by atoms with van der Waals surface area (Å²) in [4.78, 5) is 31.4. The van der Waals surface area contributed by atoms with Crippen LogP contribution in [0.1, 0.15) is 43.8 Å². The summed E-state index contributed by atoms with van der Waals surface area (Å²) in [6.07, 6.45) is 7.94. The largest absolute Gasteiger partial charge is 0.318 e. The molecule has 0 atom stereocenters. The minimum atomic E-state index is -0.402. The monoisotopic (exact) mass is 273 g/mol. The second kappa shape index (κ2) is 5.36. The fourth-order valence-corrected chi connectivity index (χ4v) is 2.49. The lowest BCUT2D eigenvalue weighted by Crippen LogP contribution is -2.22. The van der Waals surface area contributed by atoms with E-state index >= 15 is 0 Å². The maximum atomic E-state index is 11.8. The zero-order valence-electron chi connectivity index (χ0n) is 10.9. The first-order valence-corrected chi connectivity index (χ1v) is 6.71. The van der Waals surface area contributed by atoms with E-state index in [0.717, 1.165) is 18.7 Å². The van der Waals surface area contributed by atoms with E-state index in [1.807, 2.05) is 0 Å². The highest BCUT2D eigenvalue weighted by Gasteiger charge is 2.22. The second-order valence-electron chi connectivity index (χ2n) is 5.04. The van der Waals surface area contributed by atoms with Gasteiger partial charge in [-0.3, -0.25) is 9.59 Å². The molecular weight excluding hydrogens is 258 g/mol. The molecule has 0 aromatic carbocycles. The van der Waals surface area contributed by atoms with E-state index in [1.165, 1.54) is 12.8 Å². The number of carbonyl (C=O) groups is 2. The van der Waals surface area contributed by atoms with Crippen LogP contribution in [-0.4, -0.2) is 27.5 Å². The number of hydrogen-bond acceptors (Lipinski definition) is 5. The normalized spacial score (nSPS) is 18.8. The molecule has 2 amide bonds. The van der Waals surface area contributed by atoms with Crippen molar-refractivity contribution in [1.82, 2.24) is 15.4 Å². The molecule has 1 aromatic rings. The average molecular weight is 273 g/mol. The van der Waals surface area contributed by atoms with Crippen LogP contribution in [0.5, 0.6) is 0 Å². The molecule has 0 spiro atoms. The highest BCUT2D eigenvalue weighted by atomic mass is 16.2. The Morgan fingerprint density at radius 3 is 2.55 bits per heavy atom. The van der Waals surface area contributed by atoms with Gasteiger partial charge in [-0.2, -0.15) is 5.10 Å². The molecule has 20 heavy (non-hydrogen) atoms. The predicted molar refractivity (Wildman–Crippen MR) is 72.1 cm³/mol. The van der Waals surface area contributed by atoms with Crippen molar-refractivity contribution in [1.29, 1.82) is 0 Å². The molecule has 1 saturated carbocycles. The van der Waals surface area contributed by atoms with E-state index in [0.29, 0.717) is 11.6 Å². The van der Waals surface area contributed by atoms with Gasteiger partial charge in [-0.25, -0.2) is 15.4 Å². The highest BCUT2D eigenvalue weighted by Crippen LogP contribution is 2.31. The Labute approximate surface area is 115 Å². The van der Waals surface area contributed by atoms with Gasteiger partial charge in [0.2, 0.25) is 5.91 Å². The number of rotatable bonds is 3. The van der Waals surface area contributed by atoms with Crippen molar-refractivity contribution in [2.75, 3.05) is 5.32 Å². The molecule has 0 unspecified atom stereocenters. The zero-order chi connectivity index (χ0) is 13.9. The minimum absolute atomic E-state index is 0.00679. The summed E-state index contributed by atoms with van der Waals surface area (Å²) in [6.45, 7) is 0. The van der Waals surface area contributed by atoms with Gasteiger partial charge in [-0.15, -0.1) is 0 Å². The molecule has 0 saturated heterocycles. The Balaban J connectivity index is 1.63. The lowest BCUT2D eigenvalue weighted by atomic mass is 10.1. The van der Waals surface area contributed by atoms with Gasteiger partial charge in [0.15, 0.2) is 0 Å². The molecule has 0 bridgehead atoms. The Kier molecular flexibility index (Phi) is 3.41. The molecule has 3 rings (SSSR count). The standard InChI is InChI=1S/C13H15N5O2/c19-11-5-10(17-18-11)13(20)16-9-6-14-12(15-7-9)8-3-1-2-4-8/h6-8H,1-5H2,(H,16,20)(H,18,19). The summed E-state index contributed by atoms with van der Waals surface area (Å²) in [5.41, 5.74) is 2.93. The predicted octanol–water partition coefficient (Wildman–Crippen LogP) is 0.949. The van der Waals surface area contributed by atoms with Crippen molar-refractivity contribution >= 4 is 23.2 Å². The van der Waals surface area contributed by atoms with Gasteiger partial charge in [0.25, 0.3) is 5.91 Å². The lowest BCUT2D eigenvalue weighted by Gasteiger charge is -2.08. The van der Waals surface area contributed by atoms with Crippen molar-refractivity contribution in [3.8, 4) is 0 Å².